The number of nitrogens with zero attached hydrogens (tertiary/aromatic N) is 3. The van der Waals surface area contributed by atoms with E-state index in [1.54, 1.807) is 54.9 Å². The Morgan fingerprint density at radius 3 is 2.40 bits per heavy atom. The fourth-order valence-corrected chi connectivity index (χ4v) is 6.34. The summed E-state index contributed by atoms with van der Waals surface area (Å²) in [6.07, 6.45) is -1.84. The van der Waals surface area contributed by atoms with Gasteiger partial charge in [0.25, 0.3) is 0 Å². The van der Waals surface area contributed by atoms with Crippen molar-refractivity contribution in [2.45, 2.75) is 32.1 Å². The third-order valence-electron chi connectivity index (χ3n) is 7.10. The fraction of sp³-hybridized carbons (Fsp3) is 0.241. The van der Waals surface area contributed by atoms with Gasteiger partial charge in [-0.3, -0.25) is 9.71 Å². The lowest BCUT2D eigenvalue weighted by atomic mass is 9.96. The number of pyridine rings is 1. The smallest absolute Gasteiger partial charge is 0.418 e. The summed E-state index contributed by atoms with van der Waals surface area (Å²) < 4.78 is 75.4. The van der Waals surface area contributed by atoms with Crippen molar-refractivity contribution in [1.29, 1.82) is 0 Å². The number of hydrogen-bond acceptors (Lipinski definition) is 5. The molecule has 1 saturated heterocycles. The van der Waals surface area contributed by atoms with Crippen molar-refractivity contribution < 1.29 is 26.3 Å². The van der Waals surface area contributed by atoms with Crippen LogP contribution in [0.1, 0.15) is 40.3 Å². The van der Waals surface area contributed by atoms with Crippen LogP contribution < -0.4 is 19.7 Å². The van der Waals surface area contributed by atoms with Crippen LogP contribution in [0.3, 0.4) is 0 Å². The van der Waals surface area contributed by atoms with Crippen LogP contribution >= 0.6 is 12.2 Å². The number of ether oxygens (including phenoxy) is 1. The predicted octanol–water partition coefficient (Wildman–Crippen LogP) is 6.07. The summed E-state index contributed by atoms with van der Waals surface area (Å²) in [5.74, 6) is 0.269. The molecule has 0 aliphatic carbocycles. The Hall–Kier alpha value is -4.10. The van der Waals surface area contributed by atoms with Gasteiger partial charge in [0.1, 0.15) is 5.75 Å². The molecular formula is C29H28F3N5O3S2. The molecule has 0 bridgehead atoms. The van der Waals surface area contributed by atoms with Crippen LogP contribution in [0.2, 0.25) is 0 Å². The van der Waals surface area contributed by atoms with Gasteiger partial charge in [0, 0.05) is 29.3 Å². The van der Waals surface area contributed by atoms with E-state index in [0.29, 0.717) is 27.9 Å². The van der Waals surface area contributed by atoms with Crippen molar-refractivity contribution in [2.24, 2.45) is 0 Å². The van der Waals surface area contributed by atoms with E-state index in [2.05, 4.69) is 15.0 Å². The Morgan fingerprint density at radius 2 is 1.76 bits per heavy atom. The summed E-state index contributed by atoms with van der Waals surface area (Å²) in [7, 11) is -2.15. The molecule has 8 nitrogen and oxygen atoms in total. The van der Waals surface area contributed by atoms with Gasteiger partial charge in [-0.2, -0.15) is 13.2 Å². The highest BCUT2D eigenvalue weighted by Crippen LogP contribution is 2.46. The van der Waals surface area contributed by atoms with E-state index in [1.807, 2.05) is 23.1 Å². The molecule has 1 fully saturated rings. The number of rotatable bonds is 7. The maximum absolute atomic E-state index is 14.0. The molecule has 1 aliphatic rings. The molecule has 2 aromatic heterocycles. The number of sulfonamides is 1. The second-order valence-corrected chi connectivity index (χ2v) is 12.1. The van der Waals surface area contributed by atoms with Gasteiger partial charge in [-0.05, 0) is 74.1 Å². The number of nitrogens with one attached hydrogen (secondary N) is 2. The first-order valence-corrected chi connectivity index (χ1v) is 15.1. The van der Waals surface area contributed by atoms with Gasteiger partial charge in [-0.25, -0.2) is 8.42 Å². The zero-order valence-corrected chi connectivity index (χ0v) is 24.7. The number of alkyl halides is 3. The SMILES string of the molecule is COc1cc(N2C(=S)NC(c3ccccn3)C2c2cc(C)n(-c3ccccc3C(F)(F)F)c2C)ccc1NS(C)(=O)=O. The third-order valence-corrected chi connectivity index (χ3v) is 8.00. The van der Waals surface area contributed by atoms with Crippen molar-refractivity contribution in [3.63, 3.8) is 0 Å². The molecule has 2 unspecified atom stereocenters. The maximum Gasteiger partial charge on any atom is 0.418 e. The molecule has 0 radical (unpaired) electrons. The van der Waals surface area contributed by atoms with Crippen LogP contribution in [0.5, 0.6) is 5.75 Å². The highest BCUT2D eigenvalue weighted by Gasteiger charge is 2.43. The molecular weight excluding hydrogens is 587 g/mol. The van der Waals surface area contributed by atoms with Crippen molar-refractivity contribution in [3.05, 3.63) is 101 Å². The van der Waals surface area contributed by atoms with E-state index in [-0.39, 0.29) is 17.1 Å². The summed E-state index contributed by atoms with van der Waals surface area (Å²) in [6, 6.07) is 16.8. The van der Waals surface area contributed by atoms with Crippen LogP contribution in [0, 0.1) is 13.8 Å². The summed E-state index contributed by atoms with van der Waals surface area (Å²) in [5.41, 5.74) is 2.78. The first-order valence-electron chi connectivity index (χ1n) is 12.8. The third kappa shape index (κ3) is 5.53. The number of halogens is 3. The van der Waals surface area contributed by atoms with Crippen LogP contribution in [-0.4, -0.2) is 36.4 Å². The molecule has 13 heteroatoms. The highest BCUT2D eigenvalue weighted by molar-refractivity contribution is 7.92. The molecule has 4 aromatic rings. The van der Waals surface area contributed by atoms with Gasteiger partial charge >= 0.3 is 6.18 Å². The lowest BCUT2D eigenvalue weighted by Gasteiger charge is -2.29. The number of thiocarbonyl (C=S) groups is 1. The minimum absolute atomic E-state index is 0.0265. The van der Waals surface area contributed by atoms with E-state index < -0.39 is 33.8 Å². The number of aryl methyl sites for hydroxylation is 1. The molecule has 1 aliphatic heterocycles. The second kappa shape index (κ2) is 11.0. The van der Waals surface area contributed by atoms with Crippen LogP contribution in [0.15, 0.2) is 72.9 Å². The lowest BCUT2D eigenvalue weighted by Crippen LogP contribution is -2.29. The molecule has 5 rings (SSSR count). The fourth-order valence-electron chi connectivity index (χ4n) is 5.43. The molecule has 3 heterocycles. The zero-order valence-electron chi connectivity index (χ0n) is 23.1. The molecule has 0 amide bonds. The van der Waals surface area contributed by atoms with E-state index in [4.69, 9.17) is 17.0 Å². The van der Waals surface area contributed by atoms with Crippen molar-refractivity contribution in [1.82, 2.24) is 14.9 Å². The van der Waals surface area contributed by atoms with Gasteiger partial charge in [0.2, 0.25) is 10.0 Å². The van der Waals surface area contributed by atoms with Crippen molar-refractivity contribution >= 4 is 38.7 Å². The summed E-state index contributed by atoms with van der Waals surface area (Å²) in [5, 5.41) is 3.71. The number of para-hydroxylation sites is 1. The predicted molar refractivity (Wildman–Crippen MR) is 160 cm³/mol. The zero-order chi connectivity index (χ0) is 30.4. The Kier molecular flexibility index (Phi) is 7.66. The van der Waals surface area contributed by atoms with Crippen LogP contribution in [-0.2, 0) is 16.2 Å². The summed E-state index contributed by atoms with van der Waals surface area (Å²) in [4.78, 5) is 6.40. The minimum Gasteiger partial charge on any atom is -0.494 e. The first-order chi connectivity index (χ1) is 19.8. The van der Waals surface area contributed by atoms with E-state index in [1.165, 1.54) is 19.2 Å². The molecule has 2 aromatic carbocycles. The number of anilines is 2. The molecule has 0 saturated carbocycles. The van der Waals surface area contributed by atoms with Gasteiger partial charge in [0.15, 0.2) is 5.11 Å². The van der Waals surface area contributed by atoms with E-state index >= 15 is 0 Å². The monoisotopic (exact) mass is 615 g/mol. The number of methoxy groups -OCH3 is 1. The van der Waals surface area contributed by atoms with Crippen LogP contribution in [0.25, 0.3) is 5.69 Å². The van der Waals surface area contributed by atoms with Crippen molar-refractivity contribution in [2.75, 3.05) is 23.0 Å². The Bertz CT molecular complexity index is 1760. The number of aromatic nitrogens is 2. The number of benzene rings is 2. The molecule has 2 atom stereocenters. The molecule has 42 heavy (non-hydrogen) atoms. The Labute approximate surface area is 247 Å². The maximum atomic E-state index is 14.0. The van der Waals surface area contributed by atoms with Crippen molar-refractivity contribution in [3.8, 4) is 11.4 Å². The van der Waals surface area contributed by atoms with E-state index in [0.717, 1.165) is 17.9 Å². The largest absolute Gasteiger partial charge is 0.494 e. The summed E-state index contributed by atoms with van der Waals surface area (Å²) in [6.45, 7) is 3.55. The minimum atomic E-state index is -4.54. The molecule has 0 spiro atoms. The van der Waals surface area contributed by atoms with Gasteiger partial charge in [-0.1, -0.05) is 18.2 Å². The van der Waals surface area contributed by atoms with Gasteiger partial charge in [0.05, 0.1) is 48.1 Å². The Morgan fingerprint density at radius 1 is 1.05 bits per heavy atom. The highest BCUT2D eigenvalue weighted by atomic mass is 32.2. The molecule has 2 N–H and O–H groups in total. The summed E-state index contributed by atoms with van der Waals surface area (Å²) >= 11 is 5.80. The Balaban J connectivity index is 1.69. The molecule has 220 valence electrons. The van der Waals surface area contributed by atoms with E-state index in [9.17, 15) is 21.6 Å². The van der Waals surface area contributed by atoms with Gasteiger partial charge < -0.3 is 19.5 Å². The lowest BCUT2D eigenvalue weighted by molar-refractivity contribution is -0.137. The average Bonchev–Trinajstić information content (AvgIpc) is 3.42. The standard InChI is InChI=1S/C29H28F3N5O3S2/c1-17-15-20(18(2)36(17)24-11-6-5-9-21(24)29(30,31)32)27-26(23-10-7-8-14-33-23)34-28(41)37(27)19-12-13-22(25(16-19)40-3)35-42(4,38)39/h5-16,26-27,35H,1-4H3,(H,34,41). The quantitative estimate of drug-likeness (QED) is 0.244. The van der Waals surface area contributed by atoms with Gasteiger partial charge in [-0.15, -0.1) is 0 Å². The second-order valence-electron chi connectivity index (χ2n) is 9.93. The van der Waals surface area contributed by atoms with Crippen LogP contribution in [0.4, 0.5) is 24.5 Å². The topological polar surface area (TPSA) is 88.5 Å². The average molecular weight is 616 g/mol. The number of hydrogen-bond donors (Lipinski definition) is 2. The first kappa shape index (κ1) is 29.4. The normalized spacial score (nSPS) is 17.3.